The molecular weight excluding hydrogens is 384 g/mol. The first-order valence-corrected chi connectivity index (χ1v) is 9.81. The highest BCUT2D eigenvalue weighted by molar-refractivity contribution is 6.08. The predicted molar refractivity (Wildman–Crippen MR) is 109 cm³/mol. The maximum atomic E-state index is 13.3. The van der Waals surface area contributed by atoms with Crippen LogP contribution in [0.2, 0.25) is 0 Å². The minimum absolute atomic E-state index is 0.0655. The molecule has 0 unspecified atom stereocenters. The van der Waals surface area contributed by atoms with Gasteiger partial charge in [0.05, 0.1) is 17.5 Å². The van der Waals surface area contributed by atoms with Crippen LogP contribution in [0.3, 0.4) is 0 Å². The van der Waals surface area contributed by atoms with Crippen molar-refractivity contribution in [2.75, 3.05) is 5.32 Å². The molecule has 5 rings (SSSR count). The van der Waals surface area contributed by atoms with E-state index in [4.69, 9.17) is 13.5 Å². The third-order valence-electron chi connectivity index (χ3n) is 5.31. The number of ketones is 1. The average Bonchev–Trinajstić information content (AvgIpc) is 3.42. The van der Waals surface area contributed by atoms with Crippen LogP contribution >= 0.6 is 0 Å². The Bertz CT molecular complexity index is 1240. The molecule has 1 aliphatic rings. The van der Waals surface area contributed by atoms with Crippen LogP contribution in [-0.2, 0) is 6.42 Å². The van der Waals surface area contributed by atoms with Gasteiger partial charge >= 0.3 is 0 Å². The number of hydrogen-bond acceptors (Lipinski definition) is 7. The van der Waals surface area contributed by atoms with Crippen molar-refractivity contribution in [2.24, 2.45) is 5.41 Å². The van der Waals surface area contributed by atoms with Gasteiger partial charge in [0.2, 0.25) is 0 Å². The van der Waals surface area contributed by atoms with Crippen LogP contribution < -0.4 is 5.32 Å². The zero-order valence-electron chi connectivity index (χ0n) is 17.3. The van der Waals surface area contributed by atoms with E-state index in [1.807, 2.05) is 36.6 Å². The normalized spacial score (nSPS) is 15.4. The van der Waals surface area contributed by atoms with E-state index in [0.717, 1.165) is 5.69 Å². The molecule has 4 aromatic heterocycles. The molecule has 0 aromatic carbocycles. The second kappa shape index (κ2) is 6.48. The molecule has 4 heterocycles. The lowest BCUT2D eigenvalue weighted by Gasteiger charge is -2.29. The van der Waals surface area contributed by atoms with E-state index in [2.05, 4.69) is 29.5 Å². The summed E-state index contributed by atoms with van der Waals surface area (Å²) < 4.78 is 18.3. The second-order valence-electron chi connectivity index (χ2n) is 8.54. The fourth-order valence-electron chi connectivity index (χ4n) is 4.16. The number of carbonyl (C=O) groups excluding carboxylic acids is 1. The Morgan fingerprint density at radius 1 is 1.10 bits per heavy atom. The molecule has 4 aromatic rings. The third kappa shape index (κ3) is 2.96. The smallest absolute Gasteiger partial charge is 0.181 e. The SMILES string of the molecule is Cc1cc(Nc2c3c(n(-c4cc(C)on4)c2-c2ccco2)CC(C)(C)CC3=O)no1. The first-order chi connectivity index (χ1) is 14.3. The van der Waals surface area contributed by atoms with Gasteiger partial charge in [-0.05, 0) is 37.8 Å². The molecule has 30 heavy (non-hydrogen) atoms. The molecule has 0 atom stereocenters. The van der Waals surface area contributed by atoms with Crippen LogP contribution in [0.25, 0.3) is 17.3 Å². The molecule has 0 radical (unpaired) electrons. The average molecular weight is 406 g/mol. The fraction of sp³-hybridized carbons (Fsp3) is 0.318. The highest BCUT2D eigenvalue weighted by atomic mass is 16.5. The van der Waals surface area contributed by atoms with Gasteiger partial charge in [0.15, 0.2) is 23.2 Å². The zero-order valence-corrected chi connectivity index (χ0v) is 17.3. The number of fused-ring (bicyclic) bond motifs is 1. The van der Waals surface area contributed by atoms with E-state index in [0.29, 0.717) is 58.7 Å². The number of furan rings is 1. The topological polar surface area (TPSA) is 99.2 Å². The number of aromatic nitrogens is 3. The van der Waals surface area contributed by atoms with Gasteiger partial charge in [-0.3, -0.25) is 9.36 Å². The molecule has 8 nitrogen and oxygen atoms in total. The summed E-state index contributed by atoms with van der Waals surface area (Å²) in [7, 11) is 0. The highest BCUT2D eigenvalue weighted by Crippen LogP contribution is 2.46. The molecule has 0 saturated heterocycles. The van der Waals surface area contributed by atoms with E-state index in [1.54, 1.807) is 12.3 Å². The van der Waals surface area contributed by atoms with Crippen LogP contribution in [0.5, 0.6) is 0 Å². The molecule has 154 valence electrons. The monoisotopic (exact) mass is 406 g/mol. The van der Waals surface area contributed by atoms with Crippen molar-refractivity contribution in [3.05, 3.63) is 53.3 Å². The summed E-state index contributed by atoms with van der Waals surface area (Å²) >= 11 is 0. The lowest BCUT2D eigenvalue weighted by molar-refractivity contribution is 0.0911. The standard InChI is InChI=1S/C22H22N4O4/c1-12-8-17(24-29-12)23-20-19-14(10-22(3,4)11-15(19)27)26(18-9-13(2)30-25-18)21(20)16-6-5-7-28-16/h5-9H,10-11H2,1-4H3,(H,23,24). The van der Waals surface area contributed by atoms with Crippen LogP contribution in [-0.4, -0.2) is 20.7 Å². The number of Topliss-reactive ketones (excluding diaryl/α,β-unsaturated/α-hetero) is 1. The second-order valence-corrected chi connectivity index (χ2v) is 8.54. The first-order valence-electron chi connectivity index (χ1n) is 9.81. The molecule has 1 N–H and O–H groups in total. The number of carbonyl (C=O) groups is 1. The Morgan fingerprint density at radius 3 is 2.50 bits per heavy atom. The van der Waals surface area contributed by atoms with Gasteiger partial charge in [-0.25, -0.2) is 0 Å². The van der Waals surface area contributed by atoms with Crippen LogP contribution in [0.1, 0.15) is 47.8 Å². The Hall–Kier alpha value is -3.55. The largest absolute Gasteiger partial charge is 0.463 e. The third-order valence-corrected chi connectivity index (χ3v) is 5.31. The van der Waals surface area contributed by atoms with Gasteiger partial charge in [0.1, 0.15) is 17.2 Å². The Kier molecular flexibility index (Phi) is 3.99. The van der Waals surface area contributed by atoms with Gasteiger partial charge in [0.25, 0.3) is 0 Å². The minimum Gasteiger partial charge on any atom is -0.463 e. The van der Waals surface area contributed by atoms with E-state index in [1.165, 1.54) is 0 Å². The number of nitrogens with one attached hydrogen (secondary N) is 1. The van der Waals surface area contributed by atoms with Crippen molar-refractivity contribution in [2.45, 2.75) is 40.5 Å². The number of hydrogen-bond donors (Lipinski definition) is 1. The number of aryl methyl sites for hydroxylation is 2. The summed E-state index contributed by atoms with van der Waals surface area (Å²) in [5, 5.41) is 11.6. The van der Waals surface area contributed by atoms with Crippen molar-refractivity contribution in [3.63, 3.8) is 0 Å². The summed E-state index contributed by atoms with van der Waals surface area (Å²) in [6.45, 7) is 7.85. The minimum atomic E-state index is -0.179. The molecule has 0 amide bonds. The Morgan fingerprint density at radius 2 is 1.87 bits per heavy atom. The van der Waals surface area contributed by atoms with E-state index in [9.17, 15) is 4.79 Å². The molecule has 1 aliphatic carbocycles. The maximum Gasteiger partial charge on any atom is 0.181 e. The van der Waals surface area contributed by atoms with Gasteiger partial charge in [-0.15, -0.1) is 0 Å². The molecule has 0 fully saturated rings. The van der Waals surface area contributed by atoms with Crippen LogP contribution in [0.15, 0.2) is 44.0 Å². The van der Waals surface area contributed by atoms with Crippen molar-refractivity contribution in [3.8, 4) is 17.3 Å². The van der Waals surface area contributed by atoms with Crippen LogP contribution in [0, 0.1) is 19.3 Å². The summed E-state index contributed by atoms with van der Waals surface area (Å²) in [5.74, 6) is 3.15. The number of nitrogens with zero attached hydrogens (tertiary/aromatic N) is 3. The molecule has 0 bridgehead atoms. The maximum absolute atomic E-state index is 13.3. The molecule has 0 aliphatic heterocycles. The van der Waals surface area contributed by atoms with Crippen LogP contribution in [0.4, 0.5) is 11.5 Å². The van der Waals surface area contributed by atoms with Crippen molar-refractivity contribution >= 4 is 17.3 Å². The van der Waals surface area contributed by atoms with E-state index in [-0.39, 0.29) is 11.2 Å². The van der Waals surface area contributed by atoms with Gasteiger partial charge in [0, 0.05) is 24.2 Å². The summed E-state index contributed by atoms with van der Waals surface area (Å²) in [4.78, 5) is 13.3. The first kappa shape index (κ1) is 18.5. The number of rotatable bonds is 4. The Labute approximate surface area is 172 Å². The van der Waals surface area contributed by atoms with Gasteiger partial charge in [-0.1, -0.05) is 24.2 Å². The lowest BCUT2D eigenvalue weighted by atomic mass is 9.76. The molecular formula is C22H22N4O4. The molecule has 0 spiro atoms. The van der Waals surface area contributed by atoms with E-state index >= 15 is 0 Å². The zero-order chi connectivity index (χ0) is 21.0. The van der Waals surface area contributed by atoms with E-state index < -0.39 is 0 Å². The lowest BCUT2D eigenvalue weighted by Crippen LogP contribution is -2.28. The van der Waals surface area contributed by atoms with Gasteiger partial charge in [-0.2, -0.15) is 0 Å². The van der Waals surface area contributed by atoms with Crippen molar-refractivity contribution in [1.82, 2.24) is 14.9 Å². The van der Waals surface area contributed by atoms with Crippen molar-refractivity contribution in [1.29, 1.82) is 0 Å². The summed E-state index contributed by atoms with van der Waals surface area (Å²) in [6.07, 6.45) is 2.76. The number of anilines is 2. The van der Waals surface area contributed by atoms with Crippen molar-refractivity contribution < 1.29 is 18.3 Å². The quantitative estimate of drug-likeness (QED) is 0.495. The molecule has 0 saturated carbocycles. The summed E-state index contributed by atoms with van der Waals surface area (Å²) in [5.41, 5.74) is 2.65. The highest BCUT2D eigenvalue weighted by Gasteiger charge is 2.39. The summed E-state index contributed by atoms with van der Waals surface area (Å²) in [6, 6.07) is 7.31. The van der Waals surface area contributed by atoms with Gasteiger partial charge < -0.3 is 18.8 Å². The molecule has 8 heteroatoms. The predicted octanol–water partition coefficient (Wildman–Crippen LogP) is 5.23. The fourth-order valence-corrected chi connectivity index (χ4v) is 4.16. The Balaban J connectivity index is 1.83.